The molecule has 3 rings (SSSR count). The summed E-state index contributed by atoms with van der Waals surface area (Å²) < 4.78 is 36.4. The van der Waals surface area contributed by atoms with E-state index in [9.17, 15) is 22.8 Å². The zero-order valence-electron chi connectivity index (χ0n) is 16.8. The molecule has 2 aromatic rings. The smallest absolute Gasteiger partial charge is 0.341 e. The Bertz CT molecular complexity index is 1060. The van der Waals surface area contributed by atoms with Gasteiger partial charge in [-0.05, 0) is 43.2 Å². The van der Waals surface area contributed by atoms with Crippen molar-refractivity contribution < 1.29 is 32.3 Å². The lowest BCUT2D eigenvalue weighted by Crippen LogP contribution is -2.27. The number of aryl methyl sites for hydroxylation is 1. The van der Waals surface area contributed by atoms with Crippen LogP contribution in [0.4, 0.5) is 5.00 Å². The van der Waals surface area contributed by atoms with Crippen molar-refractivity contribution in [2.45, 2.75) is 36.8 Å². The summed E-state index contributed by atoms with van der Waals surface area (Å²) in [5.41, 5.74) is 1.29. The van der Waals surface area contributed by atoms with Gasteiger partial charge in [-0.3, -0.25) is 9.59 Å². The van der Waals surface area contributed by atoms with Crippen LogP contribution in [0.3, 0.4) is 0 Å². The number of nitrogens with one attached hydrogen (secondary N) is 2. The van der Waals surface area contributed by atoms with Crippen molar-refractivity contribution in [3.63, 3.8) is 0 Å². The molecule has 0 aromatic carbocycles. The molecular formula is C19H22N2O7S3. The molecule has 12 heteroatoms. The van der Waals surface area contributed by atoms with Crippen molar-refractivity contribution in [3.8, 4) is 0 Å². The highest BCUT2D eigenvalue weighted by Crippen LogP contribution is 2.39. The quantitative estimate of drug-likeness (QED) is 0.493. The van der Waals surface area contributed by atoms with E-state index in [1.54, 1.807) is 18.4 Å². The highest BCUT2D eigenvalue weighted by atomic mass is 32.2. The number of carbonyl (C=O) groups excluding carboxylic acids is 3. The summed E-state index contributed by atoms with van der Waals surface area (Å²) in [4.78, 5) is 37.4. The van der Waals surface area contributed by atoms with E-state index in [1.165, 1.54) is 17.4 Å². The van der Waals surface area contributed by atoms with Crippen LogP contribution < -0.4 is 10.0 Å². The van der Waals surface area contributed by atoms with Crippen molar-refractivity contribution in [1.82, 2.24) is 4.72 Å². The van der Waals surface area contributed by atoms with Crippen LogP contribution in [0.15, 0.2) is 21.7 Å². The van der Waals surface area contributed by atoms with Crippen molar-refractivity contribution in [1.29, 1.82) is 0 Å². The minimum atomic E-state index is -3.66. The Morgan fingerprint density at radius 3 is 2.71 bits per heavy atom. The lowest BCUT2D eigenvalue weighted by Gasteiger charge is -2.09. The summed E-state index contributed by atoms with van der Waals surface area (Å²) in [5, 5.41) is 4.66. The molecule has 0 spiro atoms. The Hall–Kier alpha value is -2.28. The molecule has 1 amide bonds. The summed E-state index contributed by atoms with van der Waals surface area (Å²) >= 11 is 2.40. The molecule has 0 saturated carbocycles. The molecule has 0 atom stereocenters. The summed E-state index contributed by atoms with van der Waals surface area (Å²) in [6.07, 6.45) is 2.33. The van der Waals surface area contributed by atoms with Crippen molar-refractivity contribution >= 4 is 55.5 Å². The van der Waals surface area contributed by atoms with Gasteiger partial charge in [0.2, 0.25) is 10.0 Å². The van der Waals surface area contributed by atoms with E-state index in [0.717, 1.165) is 41.0 Å². The standard InChI is InChI=1S/C19H22N2O7S3/c1-2-27-19(24)17-12-5-3-6-13(12)30-18(17)21-14(22)11-28-15(23)8-9-20-31(25,26)16-7-4-10-29-16/h4,7,10,20H,2-3,5-6,8-9,11H2,1H3,(H,21,22). The van der Waals surface area contributed by atoms with Crippen LogP contribution in [-0.2, 0) is 41.9 Å². The summed E-state index contributed by atoms with van der Waals surface area (Å²) in [6.45, 7) is 1.25. The molecule has 0 bridgehead atoms. The second-order valence-electron chi connectivity index (χ2n) is 6.57. The Balaban J connectivity index is 1.48. The molecular weight excluding hydrogens is 464 g/mol. The number of ether oxygens (including phenoxy) is 2. The summed E-state index contributed by atoms with van der Waals surface area (Å²) in [5.74, 6) is -1.78. The highest BCUT2D eigenvalue weighted by molar-refractivity contribution is 7.91. The van der Waals surface area contributed by atoms with Gasteiger partial charge >= 0.3 is 11.9 Å². The maximum Gasteiger partial charge on any atom is 0.341 e. The van der Waals surface area contributed by atoms with E-state index < -0.39 is 34.5 Å². The van der Waals surface area contributed by atoms with Crippen LogP contribution in [0.5, 0.6) is 0 Å². The highest BCUT2D eigenvalue weighted by Gasteiger charge is 2.28. The summed E-state index contributed by atoms with van der Waals surface area (Å²) in [7, 11) is -3.66. The van der Waals surface area contributed by atoms with E-state index in [-0.39, 0.29) is 23.8 Å². The van der Waals surface area contributed by atoms with Crippen LogP contribution >= 0.6 is 22.7 Å². The number of sulfonamides is 1. The van der Waals surface area contributed by atoms with Gasteiger partial charge in [0.1, 0.15) is 9.21 Å². The van der Waals surface area contributed by atoms with Gasteiger partial charge in [0.05, 0.1) is 18.6 Å². The first-order valence-electron chi connectivity index (χ1n) is 9.62. The zero-order chi connectivity index (χ0) is 22.4. The number of rotatable bonds is 10. The van der Waals surface area contributed by atoms with Gasteiger partial charge in [0, 0.05) is 11.4 Å². The number of anilines is 1. The number of carbonyl (C=O) groups is 3. The van der Waals surface area contributed by atoms with Crippen LogP contribution in [0, 0.1) is 0 Å². The third-order valence-corrected chi connectivity index (χ3v) is 8.46. The van der Waals surface area contributed by atoms with Gasteiger partial charge < -0.3 is 14.8 Å². The topological polar surface area (TPSA) is 128 Å². The SMILES string of the molecule is CCOC(=O)c1c(NC(=O)COC(=O)CCNS(=O)(=O)c2cccs2)sc2c1CCC2. The zero-order valence-corrected chi connectivity index (χ0v) is 19.2. The normalized spacial score (nSPS) is 12.9. The molecule has 1 aliphatic carbocycles. The monoisotopic (exact) mass is 486 g/mol. The average molecular weight is 487 g/mol. The van der Waals surface area contributed by atoms with Crippen molar-refractivity contribution in [3.05, 3.63) is 33.5 Å². The number of hydrogen-bond donors (Lipinski definition) is 2. The van der Waals surface area contributed by atoms with E-state index in [2.05, 4.69) is 10.0 Å². The maximum atomic E-state index is 12.3. The molecule has 1 aliphatic rings. The molecule has 9 nitrogen and oxygen atoms in total. The number of esters is 2. The number of fused-ring (bicyclic) bond motifs is 1. The van der Waals surface area contributed by atoms with Gasteiger partial charge in [-0.2, -0.15) is 0 Å². The molecule has 168 valence electrons. The first-order chi connectivity index (χ1) is 14.8. The molecule has 2 aromatic heterocycles. The van der Waals surface area contributed by atoms with Crippen LogP contribution in [0.1, 0.15) is 40.6 Å². The van der Waals surface area contributed by atoms with Gasteiger partial charge in [-0.1, -0.05) is 6.07 Å². The lowest BCUT2D eigenvalue weighted by atomic mass is 10.1. The molecule has 0 fully saturated rings. The van der Waals surface area contributed by atoms with E-state index in [4.69, 9.17) is 9.47 Å². The fourth-order valence-electron chi connectivity index (χ4n) is 3.07. The van der Waals surface area contributed by atoms with Crippen LogP contribution in [0.25, 0.3) is 0 Å². The fraction of sp³-hybridized carbons (Fsp3) is 0.421. The average Bonchev–Trinajstić information content (AvgIpc) is 3.44. The fourth-order valence-corrected chi connectivity index (χ4v) is 6.43. The van der Waals surface area contributed by atoms with Gasteiger partial charge in [-0.25, -0.2) is 17.9 Å². The van der Waals surface area contributed by atoms with Gasteiger partial charge in [-0.15, -0.1) is 22.7 Å². The first-order valence-corrected chi connectivity index (χ1v) is 12.8. The van der Waals surface area contributed by atoms with Crippen LogP contribution in [-0.4, -0.2) is 46.0 Å². The Morgan fingerprint density at radius 2 is 2.00 bits per heavy atom. The molecule has 0 unspecified atom stereocenters. The largest absolute Gasteiger partial charge is 0.462 e. The number of amides is 1. The third-order valence-electron chi connectivity index (χ3n) is 4.40. The first kappa shape index (κ1) is 23.4. The molecule has 0 radical (unpaired) electrons. The number of thiophene rings is 2. The van der Waals surface area contributed by atoms with Crippen LogP contribution in [0.2, 0.25) is 0 Å². The van der Waals surface area contributed by atoms with E-state index in [1.807, 2.05) is 0 Å². The predicted octanol–water partition coefficient (Wildman–Crippen LogP) is 2.33. The van der Waals surface area contributed by atoms with Crippen molar-refractivity contribution in [2.75, 3.05) is 25.1 Å². The molecule has 0 saturated heterocycles. The second-order valence-corrected chi connectivity index (χ2v) is 10.6. The molecule has 2 heterocycles. The maximum absolute atomic E-state index is 12.3. The lowest BCUT2D eigenvalue weighted by molar-refractivity contribution is -0.147. The van der Waals surface area contributed by atoms with Gasteiger partial charge in [0.25, 0.3) is 5.91 Å². The minimum Gasteiger partial charge on any atom is -0.462 e. The second kappa shape index (κ2) is 10.4. The number of hydrogen-bond acceptors (Lipinski definition) is 9. The van der Waals surface area contributed by atoms with E-state index in [0.29, 0.717) is 10.6 Å². The Labute approximate surface area is 187 Å². The molecule has 31 heavy (non-hydrogen) atoms. The van der Waals surface area contributed by atoms with E-state index >= 15 is 0 Å². The Morgan fingerprint density at radius 1 is 1.19 bits per heavy atom. The third kappa shape index (κ3) is 5.91. The molecule has 2 N–H and O–H groups in total. The van der Waals surface area contributed by atoms with Gasteiger partial charge in [0.15, 0.2) is 6.61 Å². The Kier molecular flexibility index (Phi) is 7.81. The summed E-state index contributed by atoms with van der Waals surface area (Å²) in [6, 6.07) is 3.07. The predicted molar refractivity (Wildman–Crippen MR) is 116 cm³/mol. The molecule has 0 aliphatic heterocycles. The minimum absolute atomic E-state index is 0.147. The van der Waals surface area contributed by atoms with Crippen molar-refractivity contribution in [2.24, 2.45) is 0 Å².